The average Bonchev–Trinajstić information content (AvgIpc) is 3.35. The van der Waals surface area contributed by atoms with Crippen molar-refractivity contribution in [3.05, 3.63) is 87.3 Å². The Labute approximate surface area is 241 Å². The van der Waals surface area contributed by atoms with Crippen molar-refractivity contribution >= 4 is 38.9 Å². The van der Waals surface area contributed by atoms with Gasteiger partial charge in [0.05, 0.1) is 22.2 Å². The van der Waals surface area contributed by atoms with E-state index < -0.39 is 11.6 Å². The minimum Gasteiger partial charge on any atom is -0.496 e. The fourth-order valence-corrected chi connectivity index (χ4v) is 6.94. The molecule has 0 radical (unpaired) electrons. The predicted molar refractivity (Wildman–Crippen MR) is 158 cm³/mol. The Balaban J connectivity index is 1.55. The van der Waals surface area contributed by atoms with Crippen LogP contribution in [0.25, 0.3) is 21.2 Å². The molecule has 4 nitrogen and oxygen atoms in total. The van der Waals surface area contributed by atoms with Crippen molar-refractivity contribution in [2.45, 2.75) is 44.3 Å². The second-order valence-corrected chi connectivity index (χ2v) is 11.4. The second-order valence-electron chi connectivity index (χ2n) is 9.95. The topological polar surface area (TPSA) is 41.6 Å². The van der Waals surface area contributed by atoms with Crippen LogP contribution in [0.2, 0.25) is 5.02 Å². The lowest BCUT2D eigenvalue weighted by molar-refractivity contribution is 0.0604. The summed E-state index contributed by atoms with van der Waals surface area (Å²) < 4.78 is 35.0. The Bertz CT molecular complexity index is 1590. The summed E-state index contributed by atoms with van der Waals surface area (Å²) >= 11 is 7.45. The van der Waals surface area contributed by atoms with Crippen molar-refractivity contribution in [2.24, 2.45) is 0 Å². The van der Waals surface area contributed by atoms with E-state index >= 15 is 0 Å². The highest BCUT2D eigenvalue weighted by Crippen LogP contribution is 2.40. The molecule has 1 saturated carbocycles. The largest absolute Gasteiger partial charge is 0.496 e. The molecule has 0 spiro atoms. The number of nitrogens with one attached hydrogen (secondary N) is 1. The lowest BCUT2D eigenvalue weighted by Crippen LogP contribution is -2.44. The summed E-state index contributed by atoms with van der Waals surface area (Å²) in [7, 11) is 3.54. The SMILES string of the molecule is C#Cc1ccc(-c2ccc(OC)c(CN(C(=O)c3sc4c(F)ccc(F)c4c3Cl)C3CCC(NC)CC3)c2)cc1. The first-order chi connectivity index (χ1) is 19.3. The quantitative estimate of drug-likeness (QED) is 0.229. The van der Waals surface area contributed by atoms with Crippen LogP contribution in [-0.4, -0.2) is 37.0 Å². The molecule has 0 bridgehead atoms. The van der Waals surface area contributed by atoms with Crippen molar-refractivity contribution in [3.8, 4) is 29.2 Å². The van der Waals surface area contributed by atoms with Crippen molar-refractivity contribution in [1.82, 2.24) is 10.2 Å². The van der Waals surface area contributed by atoms with Gasteiger partial charge in [-0.15, -0.1) is 17.8 Å². The van der Waals surface area contributed by atoms with E-state index in [4.69, 9.17) is 22.8 Å². The number of hydrogen-bond acceptors (Lipinski definition) is 4. The Kier molecular flexibility index (Phi) is 8.41. The lowest BCUT2D eigenvalue weighted by Gasteiger charge is -2.37. The van der Waals surface area contributed by atoms with Gasteiger partial charge in [0.2, 0.25) is 0 Å². The summed E-state index contributed by atoms with van der Waals surface area (Å²) in [5.41, 5.74) is 3.54. The lowest BCUT2D eigenvalue weighted by atomic mass is 9.89. The van der Waals surface area contributed by atoms with Crippen molar-refractivity contribution in [1.29, 1.82) is 0 Å². The monoisotopic (exact) mass is 578 g/mol. The third kappa shape index (κ3) is 5.44. The smallest absolute Gasteiger partial charge is 0.266 e. The molecule has 1 aliphatic rings. The van der Waals surface area contributed by atoms with Gasteiger partial charge in [0, 0.05) is 29.8 Å². The van der Waals surface area contributed by atoms with Gasteiger partial charge >= 0.3 is 0 Å². The van der Waals surface area contributed by atoms with Crippen LogP contribution in [0.5, 0.6) is 5.75 Å². The Morgan fingerprint density at radius 3 is 2.38 bits per heavy atom. The van der Waals surface area contributed by atoms with E-state index in [1.165, 1.54) is 0 Å². The van der Waals surface area contributed by atoms with E-state index in [0.29, 0.717) is 11.8 Å². The van der Waals surface area contributed by atoms with E-state index in [1.54, 1.807) is 12.0 Å². The number of fused-ring (bicyclic) bond motifs is 1. The molecular formula is C32H29ClF2N2O2S. The summed E-state index contributed by atoms with van der Waals surface area (Å²) in [5, 5.41) is 3.22. The van der Waals surface area contributed by atoms with Crippen molar-refractivity contribution in [2.75, 3.05) is 14.2 Å². The second kappa shape index (κ2) is 12.0. The first kappa shape index (κ1) is 28.1. The molecule has 1 aromatic heterocycles. The molecule has 8 heteroatoms. The highest BCUT2D eigenvalue weighted by molar-refractivity contribution is 7.21. The summed E-state index contributed by atoms with van der Waals surface area (Å²) in [6.45, 7) is 0.253. The highest BCUT2D eigenvalue weighted by Gasteiger charge is 2.33. The number of carbonyl (C=O) groups excluding carboxylic acids is 1. The zero-order chi connectivity index (χ0) is 28.4. The molecule has 206 valence electrons. The first-order valence-electron chi connectivity index (χ1n) is 13.1. The Hall–Kier alpha value is -3.44. The minimum atomic E-state index is -0.650. The highest BCUT2D eigenvalue weighted by atomic mass is 35.5. The maximum absolute atomic E-state index is 14.6. The minimum absolute atomic E-state index is 0.0437. The fraction of sp³-hybridized carbons (Fsp3) is 0.281. The van der Waals surface area contributed by atoms with Crippen LogP contribution in [0.1, 0.15) is 46.5 Å². The zero-order valence-electron chi connectivity index (χ0n) is 22.3. The number of thiophene rings is 1. The van der Waals surface area contributed by atoms with Gasteiger partial charge in [-0.25, -0.2) is 8.78 Å². The average molecular weight is 579 g/mol. The standard InChI is InChI=1S/C32H29ClF2N2O2S/c1-4-19-5-7-20(8-6-19)21-9-16-27(39-3)22(17-21)18-37(24-12-10-23(36-2)11-13-24)32(38)31-29(33)28-25(34)14-15-26(35)30(28)40-31/h1,5-9,14-17,23-24,36H,10-13,18H2,2-3H3. The number of hydrogen-bond donors (Lipinski definition) is 1. The third-order valence-corrected chi connectivity index (χ3v) is 9.36. The summed E-state index contributed by atoms with van der Waals surface area (Å²) in [6, 6.07) is 16.0. The Morgan fingerprint density at radius 1 is 1.07 bits per heavy atom. The van der Waals surface area contributed by atoms with Gasteiger partial charge in [-0.1, -0.05) is 35.7 Å². The fourth-order valence-electron chi connectivity index (χ4n) is 5.43. The molecule has 1 heterocycles. The summed E-state index contributed by atoms with van der Waals surface area (Å²) in [6.07, 6.45) is 8.91. The number of terminal acetylenes is 1. The Morgan fingerprint density at radius 2 is 1.75 bits per heavy atom. The van der Waals surface area contributed by atoms with Crippen LogP contribution in [0.15, 0.2) is 54.6 Å². The molecule has 0 unspecified atom stereocenters. The van der Waals surface area contributed by atoms with Gasteiger partial charge in [0.1, 0.15) is 22.3 Å². The maximum atomic E-state index is 14.6. The summed E-state index contributed by atoms with van der Waals surface area (Å²) in [5.74, 6) is 1.68. The van der Waals surface area contributed by atoms with E-state index in [2.05, 4.69) is 11.2 Å². The van der Waals surface area contributed by atoms with Crippen LogP contribution in [0.4, 0.5) is 8.78 Å². The number of amides is 1. The maximum Gasteiger partial charge on any atom is 0.266 e. The molecule has 1 N–H and O–H groups in total. The number of rotatable bonds is 7. The van der Waals surface area contributed by atoms with E-state index in [-0.39, 0.29) is 38.5 Å². The van der Waals surface area contributed by atoms with Crippen LogP contribution in [-0.2, 0) is 6.54 Å². The van der Waals surface area contributed by atoms with Crippen LogP contribution < -0.4 is 10.1 Å². The van der Waals surface area contributed by atoms with Crippen LogP contribution in [0.3, 0.4) is 0 Å². The van der Waals surface area contributed by atoms with Gasteiger partial charge in [-0.05, 0) is 80.3 Å². The number of ether oxygens (including phenoxy) is 1. The number of carbonyl (C=O) groups is 1. The van der Waals surface area contributed by atoms with Gasteiger partial charge in [-0.3, -0.25) is 4.79 Å². The van der Waals surface area contributed by atoms with Gasteiger partial charge in [-0.2, -0.15) is 0 Å². The predicted octanol–water partition coefficient (Wildman–Crippen LogP) is 7.66. The molecule has 0 saturated heterocycles. The van der Waals surface area contributed by atoms with E-state index in [0.717, 1.165) is 71.4 Å². The third-order valence-electron chi connectivity index (χ3n) is 7.69. The summed E-state index contributed by atoms with van der Waals surface area (Å²) in [4.78, 5) is 16.1. The van der Waals surface area contributed by atoms with Crippen LogP contribution in [0, 0.1) is 24.0 Å². The molecule has 0 aliphatic heterocycles. The molecular weight excluding hydrogens is 550 g/mol. The molecule has 3 aromatic carbocycles. The molecule has 1 fully saturated rings. The van der Waals surface area contributed by atoms with Gasteiger partial charge in [0.25, 0.3) is 5.91 Å². The number of methoxy groups -OCH3 is 1. The first-order valence-corrected chi connectivity index (χ1v) is 14.3. The van der Waals surface area contributed by atoms with E-state index in [9.17, 15) is 13.6 Å². The molecule has 5 rings (SSSR count). The normalized spacial score (nSPS) is 17.0. The number of nitrogens with zero attached hydrogens (tertiary/aromatic N) is 1. The molecule has 4 aromatic rings. The number of halogens is 3. The molecule has 40 heavy (non-hydrogen) atoms. The van der Waals surface area contributed by atoms with Crippen molar-refractivity contribution in [3.63, 3.8) is 0 Å². The molecule has 1 amide bonds. The van der Waals surface area contributed by atoms with Crippen LogP contribution >= 0.6 is 22.9 Å². The van der Waals surface area contributed by atoms with E-state index in [1.807, 2.05) is 49.5 Å². The zero-order valence-corrected chi connectivity index (χ0v) is 23.8. The van der Waals surface area contributed by atoms with Gasteiger partial charge < -0.3 is 15.0 Å². The molecule has 1 aliphatic carbocycles. The van der Waals surface area contributed by atoms with Crippen molar-refractivity contribution < 1.29 is 18.3 Å². The number of benzene rings is 3. The molecule has 0 atom stereocenters. The van der Waals surface area contributed by atoms with Gasteiger partial charge in [0.15, 0.2) is 0 Å².